The van der Waals surface area contributed by atoms with Crippen molar-refractivity contribution >= 4 is 45.1 Å². The Morgan fingerprint density at radius 1 is 1.07 bits per heavy atom. The minimum Gasteiger partial charge on any atom is -0.497 e. The topological polar surface area (TPSA) is 114 Å². The summed E-state index contributed by atoms with van der Waals surface area (Å²) in [7, 11) is -1.70. The first kappa shape index (κ1) is 29.4. The summed E-state index contributed by atoms with van der Waals surface area (Å²) in [6.45, 7) is 1.60. The van der Waals surface area contributed by atoms with Crippen molar-refractivity contribution in [3.63, 3.8) is 0 Å². The molecular formula is C28H31Cl2N5O5S. The van der Waals surface area contributed by atoms with Crippen molar-refractivity contribution in [1.29, 1.82) is 0 Å². The fourth-order valence-corrected chi connectivity index (χ4v) is 6.48. The SMILES string of the molecule is COc1ccc(CNc2nc3c(c(=O)n2C2CCN(S(C)(=O)=O)CC2)CCN(C(=O)c2ccc(Cl)c(Cl)c2)C3)cc1. The molecule has 3 aromatic rings. The van der Waals surface area contributed by atoms with Gasteiger partial charge in [-0.05, 0) is 55.2 Å². The summed E-state index contributed by atoms with van der Waals surface area (Å²) in [6.07, 6.45) is 2.54. The van der Waals surface area contributed by atoms with Gasteiger partial charge in [-0.3, -0.25) is 14.2 Å². The number of carbonyl (C=O) groups is 1. The van der Waals surface area contributed by atoms with Crippen LogP contribution < -0.4 is 15.6 Å². The van der Waals surface area contributed by atoms with Gasteiger partial charge in [0.15, 0.2) is 0 Å². The van der Waals surface area contributed by atoms with E-state index in [1.165, 1.54) is 16.6 Å². The lowest BCUT2D eigenvalue weighted by molar-refractivity contribution is 0.0730. The maximum Gasteiger partial charge on any atom is 0.258 e. The summed E-state index contributed by atoms with van der Waals surface area (Å²) in [5.41, 5.74) is 2.33. The van der Waals surface area contributed by atoms with Gasteiger partial charge in [0, 0.05) is 43.3 Å². The molecule has 41 heavy (non-hydrogen) atoms. The maximum atomic E-state index is 13.9. The first-order chi connectivity index (χ1) is 19.5. The number of sulfonamides is 1. The van der Waals surface area contributed by atoms with E-state index in [1.807, 2.05) is 24.3 Å². The lowest BCUT2D eigenvalue weighted by Crippen LogP contribution is -2.44. The van der Waals surface area contributed by atoms with Gasteiger partial charge in [0.05, 0.1) is 35.6 Å². The molecule has 2 aliphatic rings. The van der Waals surface area contributed by atoms with E-state index in [2.05, 4.69) is 5.32 Å². The maximum absolute atomic E-state index is 13.9. The minimum absolute atomic E-state index is 0.160. The number of nitrogens with zero attached hydrogens (tertiary/aromatic N) is 4. The molecule has 13 heteroatoms. The third-order valence-corrected chi connectivity index (χ3v) is 9.63. The van der Waals surface area contributed by atoms with Gasteiger partial charge >= 0.3 is 0 Å². The highest BCUT2D eigenvalue weighted by molar-refractivity contribution is 7.88. The molecule has 1 fully saturated rings. The van der Waals surface area contributed by atoms with Crippen LogP contribution in [0.1, 0.15) is 46.1 Å². The van der Waals surface area contributed by atoms with Crippen LogP contribution in [0, 0.1) is 0 Å². The van der Waals surface area contributed by atoms with Gasteiger partial charge in [0.1, 0.15) is 5.75 Å². The number of methoxy groups -OCH3 is 1. The van der Waals surface area contributed by atoms with Crippen molar-refractivity contribution in [2.45, 2.75) is 38.4 Å². The first-order valence-electron chi connectivity index (χ1n) is 13.3. The molecule has 3 heterocycles. The van der Waals surface area contributed by atoms with E-state index in [-0.39, 0.29) is 24.1 Å². The predicted molar refractivity (Wildman–Crippen MR) is 158 cm³/mol. The second kappa shape index (κ2) is 12.0. The first-order valence-corrected chi connectivity index (χ1v) is 15.9. The summed E-state index contributed by atoms with van der Waals surface area (Å²) < 4.78 is 32.5. The van der Waals surface area contributed by atoms with Crippen LogP contribution in [0.25, 0.3) is 0 Å². The van der Waals surface area contributed by atoms with E-state index in [0.29, 0.717) is 78.3 Å². The van der Waals surface area contributed by atoms with Crippen LogP contribution in [0.3, 0.4) is 0 Å². The molecule has 0 aliphatic carbocycles. The predicted octanol–water partition coefficient (Wildman–Crippen LogP) is 3.97. The molecule has 218 valence electrons. The highest BCUT2D eigenvalue weighted by Crippen LogP contribution is 2.28. The zero-order chi connectivity index (χ0) is 29.3. The number of carbonyl (C=O) groups excluding carboxylic acids is 1. The summed E-state index contributed by atoms with van der Waals surface area (Å²) in [5.74, 6) is 0.911. The smallest absolute Gasteiger partial charge is 0.258 e. The van der Waals surface area contributed by atoms with Crippen molar-refractivity contribution in [2.75, 3.05) is 38.3 Å². The second-order valence-corrected chi connectivity index (χ2v) is 13.0. The van der Waals surface area contributed by atoms with Crippen molar-refractivity contribution in [1.82, 2.24) is 18.8 Å². The Morgan fingerprint density at radius 2 is 1.78 bits per heavy atom. The lowest BCUT2D eigenvalue weighted by Gasteiger charge is -2.34. The molecule has 0 atom stereocenters. The molecular weight excluding hydrogens is 589 g/mol. The average Bonchev–Trinajstić information content (AvgIpc) is 2.97. The van der Waals surface area contributed by atoms with E-state index in [4.69, 9.17) is 32.9 Å². The second-order valence-electron chi connectivity index (χ2n) is 10.2. The molecule has 1 N–H and O–H groups in total. The number of aromatic nitrogens is 2. The van der Waals surface area contributed by atoms with Gasteiger partial charge in [0.25, 0.3) is 11.5 Å². The summed E-state index contributed by atoms with van der Waals surface area (Å²) in [6, 6.07) is 12.1. The van der Waals surface area contributed by atoms with E-state index in [9.17, 15) is 18.0 Å². The van der Waals surface area contributed by atoms with Gasteiger partial charge < -0.3 is 15.0 Å². The molecule has 0 radical (unpaired) electrons. The molecule has 2 aliphatic heterocycles. The van der Waals surface area contributed by atoms with Gasteiger partial charge in [-0.2, -0.15) is 0 Å². The van der Waals surface area contributed by atoms with Crippen LogP contribution in [-0.4, -0.2) is 66.1 Å². The van der Waals surface area contributed by atoms with Crippen LogP contribution >= 0.6 is 23.2 Å². The minimum atomic E-state index is -3.31. The number of nitrogens with one attached hydrogen (secondary N) is 1. The van der Waals surface area contributed by atoms with E-state index >= 15 is 0 Å². The molecule has 1 amide bonds. The normalized spacial score (nSPS) is 16.3. The molecule has 2 aromatic carbocycles. The number of rotatable bonds is 7. The Balaban J connectivity index is 1.45. The lowest BCUT2D eigenvalue weighted by atomic mass is 10.0. The molecule has 0 spiro atoms. The third-order valence-electron chi connectivity index (χ3n) is 7.59. The van der Waals surface area contributed by atoms with Crippen LogP contribution in [0.15, 0.2) is 47.3 Å². The Hall–Kier alpha value is -3.12. The fraction of sp³-hybridized carbons (Fsp3) is 0.393. The third kappa shape index (κ3) is 6.38. The molecule has 0 unspecified atom stereocenters. The number of hydrogen-bond donors (Lipinski definition) is 1. The molecule has 5 rings (SSSR count). The number of halogens is 2. The highest BCUT2D eigenvalue weighted by Gasteiger charge is 2.32. The van der Waals surface area contributed by atoms with E-state index in [1.54, 1.807) is 28.7 Å². The van der Waals surface area contributed by atoms with Gasteiger partial charge in [-0.1, -0.05) is 35.3 Å². The Labute approximate surface area is 248 Å². The molecule has 1 saturated heterocycles. The summed E-state index contributed by atoms with van der Waals surface area (Å²) in [4.78, 5) is 33.7. The monoisotopic (exact) mass is 619 g/mol. The largest absolute Gasteiger partial charge is 0.497 e. The number of hydrogen-bond acceptors (Lipinski definition) is 7. The highest BCUT2D eigenvalue weighted by atomic mass is 35.5. The number of anilines is 1. The number of ether oxygens (including phenoxy) is 1. The van der Waals surface area contributed by atoms with Gasteiger partial charge in [-0.15, -0.1) is 0 Å². The van der Waals surface area contributed by atoms with Gasteiger partial charge in [0.2, 0.25) is 16.0 Å². The molecule has 0 saturated carbocycles. The van der Waals surface area contributed by atoms with Crippen molar-refractivity contribution in [2.24, 2.45) is 0 Å². The zero-order valence-electron chi connectivity index (χ0n) is 22.8. The van der Waals surface area contributed by atoms with Crippen LogP contribution in [0.2, 0.25) is 10.0 Å². The number of piperidine rings is 1. The molecule has 0 bridgehead atoms. The quantitative estimate of drug-likeness (QED) is 0.426. The number of benzene rings is 2. The number of amides is 1. The zero-order valence-corrected chi connectivity index (χ0v) is 25.1. The van der Waals surface area contributed by atoms with Crippen LogP contribution in [-0.2, 0) is 29.5 Å². The standard InChI is InChI=1S/C28H31Cl2N5O5S/c1-40-21-6-3-18(4-7-21)16-31-28-32-25-17-33(26(36)19-5-8-23(29)24(30)15-19)12-11-22(25)27(37)35(28)20-9-13-34(14-10-20)41(2,38)39/h3-8,15,20H,9-14,16-17H2,1-2H3,(H,31,32). The molecule has 10 nitrogen and oxygen atoms in total. The van der Waals surface area contributed by atoms with Crippen LogP contribution in [0.4, 0.5) is 5.95 Å². The summed E-state index contributed by atoms with van der Waals surface area (Å²) >= 11 is 12.2. The Bertz CT molecular complexity index is 1620. The number of fused-ring (bicyclic) bond motifs is 1. The fourth-order valence-electron chi connectivity index (χ4n) is 5.31. The van der Waals surface area contributed by atoms with Crippen molar-refractivity contribution < 1.29 is 17.9 Å². The van der Waals surface area contributed by atoms with Crippen LogP contribution in [0.5, 0.6) is 5.75 Å². The average molecular weight is 621 g/mol. The van der Waals surface area contributed by atoms with E-state index in [0.717, 1.165) is 11.3 Å². The van der Waals surface area contributed by atoms with Gasteiger partial charge in [-0.25, -0.2) is 17.7 Å². The summed E-state index contributed by atoms with van der Waals surface area (Å²) in [5, 5.41) is 3.99. The Kier molecular flexibility index (Phi) is 8.60. The van der Waals surface area contributed by atoms with E-state index < -0.39 is 10.0 Å². The van der Waals surface area contributed by atoms with Crippen molar-refractivity contribution in [3.8, 4) is 5.75 Å². The van der Waals surface area contributed by atoms with Crippen molar-refractivity contribution in [3.05, 3.63) is 85.2 Å². The Morgan fingerprint density at radius 3 is 2.41 bits per heavy atom. The molecule has 1 aromatic heterocycles.